The molecular weight excluding hydrogens is 557 g/mol. The van der Waals surface area contributed by atoms with Gasteiger partial charge in [-0.1, -0.05) is 76.0 Å². The Bertz CT molecular complexity index is 1420. The van der Waals surface area contributed by atoms with Gasteiger partial charge in [0.1, 0.15) is 6.61 Å². The summed E-state index contributed by atoms with van der Waals surface area (Å²) in [5.41, 5.74) is 4.84. The molecule has 0 unspecified atom stereocenters. The Balaban J connectivity index is 1.66. The van der Waals surface area contributed by atoms with E-state index in [0.29, 0.717) is 34.4 Å². The molecule has 0 saturated carbocycles. The first-order valence-corrected chi connectivity index (χ1v) is 15.1. The number of carbonyl (C=O) groups excluding carboxylic acids is 2. The van der Waals surface area contributed by atoms with Crippen molar-refractivity contribution in [3.63, 3.8) is 0 Å². The molecule has 2 aliphatic carbocycles. The number of rotatable bonds is 7. The van der Waals surface area contributed by atoms with E-state index in [1.54, 1.807) is 7.11 Å². The second-order valence-corrected chi connectivity index (χ2v) is 13.9. The van der Waals surface area contributed by atoms with E-state index in [2.05, 4.69) is 39.5 Å². The predicted octanol–water partition coefficient (Wildman–Crippen LogP) is 8.68. The number of benzene rings is 2. The minimum Gasteiger partial charge on any atom is -0.493 e. The Kier molecular flexibility index (Phi) is 8.08. The van der Waals surface area contributed by atoms with Gasteiger partial charge < -0.3 is 14.4 Å². The van der Waals surface area contributed by atoms with Crippen LogP contribution in [0.4, 0.5) is 0 Å². The van der Waals surface area contributed by atoms with E-state index >= 15 is 0 Å². The van der Waals surface area contributed by atoms with E-state index in [9.17, 15) is 9.59 Å². The zero-order valence-electron chi connectivity index (χ0n) is 24.8. The SMILES string of the molecule is CCCN1C2=C(C(=O)CC(C)(C)C2)C(c2cc(Cl)c(OCc3ccccc3Cl)c(OC)c2)C2=C1CC(C)(C)CC2=O. The van der Waals surface area contributed by atoms with Crippen LogP contribution in [0.25, 0.3) is 0 Å². The first-order valence-electron chi connectivity index (χ1n) is 14.4. The van der Waals surface area contributed by atoms with Crippen LogP contribution in [0.2, 0.25) is 10.0 Å². The topological polar surface area (TPSA) is 55.8 Å². The van der Waals surface area contributed by atoms with Gasteiger partial charge in [-0.3, -0.25) is 9.59 Å². The van der Waals surface area contributed by atoms with Gasteiger partial charge in [0.2, 0.25) is 0 Å². The maximum Gasteiger partial charge on any atom is 0.180 e. The summed E-state index contributed by atoms with van der Waals surface area (Å²) >= 11 is 13.2. The number of ketones is 2. The van der Waals surface area contributed by atoms with E-state index in [-0.39, 0.29) is 29.0 Å². The minimum atomic E-state index is -0.496. The number of ether oxygens (including phenoxy) is 2. The zero-order chi connectivity index (χ0) is 29.7. The van der Waals surface area contributed by atoms with Crippen LogP contribution < -0.4 is 9.47 Å². The molecule has 3 aliphatic rings. The summed E-state index contributed by atoms with van der Waals surface area (Å²) in [6.45, 7) is 11.7. The van der Waals surface area contributed by atoms with Crippen LogP contribution in [0.15, 0.2) is 58.9 Å². The van der Waals surface area contributed by atoms with E-state index in [1.165, 1.54) is 0 Å². The summed E-state index contributed by atoms with van der Waals surface area (Å²) < 4.78 is 11.9. The van der Waals surface area contributed by atoms with Crippen LogP contribution in [0.1, 0.15) is 83.8 Å². The summed E-state index contributed by atoms with van der Waals surface area (Å²) in [5, 5.41) is 0.966. The van der Waals surface area contributed by atoms with Crippen molar-refractivity contribution in [3.05, 3.63) is 80.1 Å². The second-order valence-electron chi connectivity index (χ2n) is 13.1. The average molecular weight is 597 g/mol. The van der Waals surface area contributed by atoms with E-state index in [1.807, 2.05) is 36.4 Å². The molecule has 0 aromatic heterocycles. The number of nitrogens with zero attached hydrogens (tertiary/aromatic N) is 1. The van der Waals surface area contributed by atoms with Gasteiger partial charge in [-0.05, 0) is 53.9 Å². The van der Waals surface area contributed by atoms with Gasteiger partial charge in [-0.25, -0.2) is 0 Å². The molecule has 1 heterocycles. The van der Waals surface area contributed by atoms with E-state index < -0.39 is 5.92 Å². The first-order chi connectivity index (χ1) is 19.4. The Morgan fingerprint density at radius 2 is 1.46 bits per heavy atom. The lowest BCUT2D eigenvalue weighted by molar-refractivity contribution is -0.119. The van der Waals surface area contributed by atoms with Gasteiger partial charge in [0.05, 0.1) is 12.1 Å². The van der Waals surface area contributed by atoms with Crippen molar-refractivity contribution in [2.45, 2.75) is 79.2 Å². The lowest BCUT2D eigenvalue weighted by atomic mass is 9.63. The molecule has 5 rings (SSSR count). The Labute approximate surface area is 253 Å². The molecule has 218 valence electrons. The van der Waals surface area contributed by atoms with Crippen LogP contribution in [-0.4, -0.2) is 30.1 Å². The van der Waals surface area contributed by atoms with Crippen molar-refractivity contribution in [1.29, 1.82) is 0 Å². The van der Waals surface area contributed by atoms with Crippen molar-refractivity contribution < 1.29 is 19.1 Å². The molecule has 0 saturated heterocycles. The predicted molar refractivity (Wildman–Crippen MR) is 164 cm³/mol. The highest BCUT2D eigenvalue weighted by Crippen LogP contribution is 2.55. The van der Waals surface area contributed by atoms with Crippen molar-refractivity contribution >= 4 is 34.8 Å². The number of allylic oxidation sites excluding steroid dienone is 4. The van der Waals surface area contributed by atoms with Crippen LogP contribution >= 0.6 is 23.2 Å². The van der Waals surface area contributed by atoms with Crippen molar-refractivity contribution in [1.82, 2.24) is 4.90 Å². The third-order valence-electron chi connectivity index (χ3n) is 8.38. The molecule has 0 spiro atoms. The van der Waals surface area contributed by atoms with Crippen molar-refractivity contribution in [2.24, 2.45) is 10.8 Å². The third-order valence-corrected chi connectivity index (χ3v) is 9.03. The lowest BCUT2D eigenvalue weighted by Gasteiger charge is -2.49. The molecule has 7 heteroatoms. The highest BCUT2D eigenvalue weighted by atomic mass is 35.5. The summed E-state index contributed by atoms with van der Waals surface area (Å²) in [4.78, 5) is 30.2. The van der Waals surface area contributed by atoms with E-state index in [4.69, 9.17) is 32.7 Å². The fourth-order valence-electron chi connectivity index (χ4n) is 6.69. The monoisotopic (exact) mass is 595 g/mol. The molecule has 0 radical (unpaired) electrons. The van der Waals surface area contributed by atoms with Gasteiger partial charge in [-0.2, -0.15) is 0 Å². The summed E-state index contributed by atoms with van der Waals surface area (Å²) in [6.07, 6.45) is 3.35. The highest BCUT2D eigenvalue weighted by Gasteiger charge is 2.49. The van der Waals surface area contributed by atoms with Crippen molar-refractivity contribution in [3.8, 4) is 11.5 Å². The number of hydrogen-bond donors (Lipinski definition) is 0. The van der Waals surface area contributed by atoms with Crippen molar-refractivity contribution in [2.75, 3.05) is 13.7 Å². The Hall–Kier alpha value is -2.76. The normalized spacial score (nSPS) is 20.2. The van der Waals surface area contributed by atoms with Gasteiger partial charge in [0.15, 0.2) is 23.1 Å². The molecule has 5 nitrogen and oxygen atoms in total. The maximum atomic E-state index is 14.0. The minimum absolute atomic E-state index is 0.0978. The van der Waals surface area contributed by atoms with E-state index in [0.717, 1.165) is 59.5 Å². The van der Waals surface area contributed by atoms with Gasteiger partial charge >= 0.3 is 0 Å². The lowest BCUT2D eigenvalue weighted by Crippen LogP contribution is -2.44. The average Bonchev–Trinajstić information content (AvgIpc) is 2.88. The Morgan fingerprint density at radius 1 is 0.878 bits per heavy atom. The fourth-order valence-corrected chi connectivity index (χ4v) is 7.15. The smallest absolute Gasteiger partial charge is 0.180 e. The summed E-state index contributed by atoms with van der Waals surface area (Å²) in [5.74, 6) is 0.551. The highest BCUT2D eigenvalue weighted by molar-refractivity contribution is 6.32. The van der Waals surface area contributed by atoms with Gasteiger partial charge in [-0.15, -0.1) is 0 Å². The zero-order valence-corrected chi connectivity index (χ0v) is 26.3. The molecule has 0 bridgehead atoms. The number of halogens is 2. The molecule has 0 N–H and O–H groups in total. The molecule has 0 amide bonds. The number of carbonyl (C=O) groups is 2. The molecule has 0 fully saturated rings. The van der Waals surface area contributed by atoms with Crippen LogP contribution in [0, 0.1) is 10.8 Å². The first kappa shape index (κ1) is 29.7. The molecule has 1 aliphatic heterocycles. The van der Waals surface area contributed by atoms with Gasteiger partial charge in [0.25, 0.3) is 0 Å². The quantitative estimate of drug-likeness (QED) is 0.320. The summed E-state index contributed by atoms with van der Waals surface area (Å²) in [7, 11) is 1.57. The fraction of sp³-hybridized carbons (Fsp3) is 0.471. The molecule has 41 heavy (non-hydrogen) atoms. The second kappa shape index (κ2) is 11.1. The van der Waals surface area contributed by atoms with Crippen LogP contribution in [-0.2, 0) is 16.2 Å². The molecular formula is C34H39Cl2NO4. The standard InChI is InChI=1S/C34H39Cl2NO4/c1-7-12-37-24-15-33(2,3)17-26(38)30(24)29(31-25(37)16-34(4,5)18-27(31)39)21-13-23(36)32(28(14-21)40-6)41-19-20-10-8-9-11-22(20)35/h8-11,13-14,29H,7,12,15-19H2,1-6H3. The maximum absolute atomic E-state index is 14.0. The number of methoxy groups -OCH3 is 1. The van der Waals surface area contributed by atoms with Crippen LogP contribution in [0.3, 0.4) is 0 Å². The summed E-state index contributed by atoms with van der Waals surface area (Å²) in [6, 6.07) is 11.2. The molecule has 2 aromatic carbocycles. The third kappa shape index (κ3) is 5.68. The molecule has 0 atom stereocenters. The Morgan fingerprint density at radius 3 is 2.00 bits per heavy atom. The largest absolute Gasteiger partial charge is 0.493 e. The van der Waals surface area contributed by atoms with Gasteiger partial charge in [0, 0.05) is 58.4 Å². The molecule has 2 aromatic rings. The number of Topliss-reactive ketones (excluding diaryl/α,β-unsaturated/α-hetero) is 2. The van der Waals surface area contributed by atoms with Crippen LogP contribution in [0.5, 0.6) is 11.5 Å². The number of hydrogen-bond acceptors (Lipinski definition) is 5.